The van der Waals surface area contributed by atoms with E-state index in [9.17, 15) is 13.2 Å². The van der Waals surface area contributed by atoms with Crippen molar-refractivity contribution in [3.63, 3.8) is 0 Å². The van der Waals surface area contributed by atoms with Crippen LogP contribution in [0.4, 0.5) is 0 Å². The van der Waals surface area contributed by atoms with Gasteiger partial charge in [0.05, 0.1) is 4.90 Å². The number of sulfonamides is 1. The lowest BCUT2D eigenvalue weighted by atomic mass is 9.89. The fourth-order valence-electron chi connectivity index (χ4n) is 4.22. The van der Waals surface area contributed by atoms with Crippen molar-refractivity contribution in [2.24, 2.45) is 11.8 Å². The Morgan fingerprint density at radius 3 is 2.56 bits per heavy atom. The Morgan fingerprint density at radius 1 is 1.04 bits per heavy atom. The van der Waals surface area contributed by atoms with Gasteiger partial charge in [-0.3, -0.25) is 4.79 Å². The molecule has 4 rings (SSSR count). The lowest BCUT2D eigenvalue weighted by Gasteiger charge is -2.24. The van der Waals surface area contributed by atoms with E-state index in [1.807, 2.05) is 30.3 Å². The molecular weight excluding hydrogens is 336 g/mol. The summed E-state index contributed by atoms with van der Waals surface area (Å²) in [4.78, 5) is 11.9. The lowest BCUT2D eigenvalue weighted by molar-refractivity contribution is -0.124. The normalized spacial score (nSPS) is 26.6. The topological polar surface area (TPSA) is 66.5 Å². The summed E-state index contributed by atoms with van der Waals surface area (Å²) in [6.45, 7) is 0.670. The number of nitrogens with zero attached hydrogens (tertiary/aromatic N) is 1. The number of benzene rings is 2. The quantitative estimate of drug-likeness (QED) is 0.916. The van der Waals surface area contributed by atoms with Crippen molar-refractivity contribution in [1.82, 2.24) is 9.62 Å². The summed E-state index contributed by atoms with van der Waals surface area (Å²) in [6, 6.07) is 13.0. The van der Waals surface area contributed by atoms with E-state index in [-0.39, 0.29) is 11.9 Å². The van der Waals surface area contributed by atoms with Gasteiger partial charge in [-0.15, -0.1) is 0 Å². The van der Waals surface area contributed by atoms with Crippen LogP contribution >= 0.6 is 0 Å². The standard InChI is InChI=1S/C19H22N2O3S/c1-21(17-8-15-11-19(22)20-12-16(15)9-17)25(23,24)18-7-6-13-4-2-3-5-14(13)10-18/h2-7,10,15-17H,8-9,11-12H2,1H3,(H,20,22)/t15-,16+,17-/m0/s1. The molecule has 1 N–H and O–H groups in total. The van der Waals surface area contributed by atoms with Crippen molar-refractivity contribution in [3.05, 3.63) is 42.5 Å². The molecule has 2 aromatic rings. The first kappa shape index (κ1) is 16.5. The zero-order valence-corrected chi connectivity index (χ0v) is 15.0. The molecular formula is C19H22N2O3S. The molecule has 1 aliphatic carbocycles. The summed E-state index contributed by atoms with van der Waals surface area (Å²) in [5, 5.41) is 4.85. The van der Waals surface area contributed by atoms with Crippen LogP contribution in [0.2, 0.25) is 0 Å². The number of hydrogen-bond acceptors (Lipinski definition) is 3. The second-order valence-corrected chi connectivity index (χ2v) is 9.18. The number of carbonyl (C=O) groups is 1. The van der Waals surface area contributed by atoms with Crippen LogP contribution in [-0.2, 0) is 14.8 Å². The van der Waals surface area contributed by atoms with Crippen LogP contribution in [0.25, 0.3) is 10.8 Å². The van der Waals surface area contributed by atoms with Crippen molar-refractivity contribution < 1.29 is 13.2 Å². The van der Waals surface area contributed by atoms with Gasteiger partial charge in [-0.05, 0) is 47.6 Å². The van der Waals surface area contributed by atoms with E-state index in [2.05, 4.69) is 5.32 Å². The molecule has 0 unspecified atom stereocenters. The number of rotatable bonds is 3. The summed E-state index contributed by atoms with van der Waals surface area (Å²) in [6.07, 6.45) is 2.10. The van der Waals surface area contributed by atoms with Crippen LogP contribution in [0.5, 0.6) is 0 Å². The van der Waals surface area contributed by atoms with Gasteiger partial charge in [0.25, 0.3) is 0 Å². The molecule has 2 aromatic carbocycles. The molecule has 5 nitrogen and oxygen atoms in total. The second kappa shape index (κ2) is 6.11. The molecule has 0 bridgehead atoms. The van der Waals surface area contributed by atoms with Gasteiger partial charge in [-0.25, -0.2) is 8.42 Å². The Balaban J connectivity index is 1.59. The maximum Gasteiger partial charge on any atom is 0.243 e. The van der Waals surface area contributed by atoms with Gasteiger partial charge >= 0.3 is 0 Å². The first-order valence-electron chi connectivity index (χ1n) is 8.68. The molecule has 2 fully saturated rings. The summed E-state index contributed by atoms with van der Waals surface area (Å²) < 4.78 is 27.7. The minimum Gasteiger partial charge on any atom is -0.356 e. The van der Waals surface area contributed by atoms with Crippen molar-refractivity contribution >= 4 is 26.7 Å². The van der Waals surface area contributed by atoms with Gasteiger partial charge in [0.15, 0.2) is 0 Å². The van der Waals surface area contributed by atoms with E-state index < -0.39 is 10.0 Å². The van der Waals surface area contributed by atoms with Crippen molar-refractivity contribution in [2.45, 2.75) is 30.2 Å². The first-order chi connectivity index (χ1) is 11.9. The van der Waals surface area contributed by atoms with Gasteiger partial charge < -0.3 is 5.32 Å². The van der Waals surface area contributed by atoms with E-state index in [0.29, 0.717) is 29.7 Å². The Labute approximate surface area is 148 Å². The lowest BCUT2D eigenvalue weighted by Crippen LogP contribution is -2.38. The van der Waals surface area contributed by atoms with Gasteiger partial charge in [-0.2, -0.15) is 4.31 Å². The molecule has 0 radical (unpaired) electrons. The summed E-state index contributed by atoms with van der Waals surface area (Å²) in [5.74, 6) is 0.770. The Morgan fingerprint density at radius 2 is 1.76 bits per heavy atom. The van der Waals surface area contributed by atoms with E-state index in [1.54, 1.807) is 19.2 Å². The predicted octanol–water partition coefficient (Wildman–Crippen LogP) is 2.38. The highest BCUT2D eigenvalue weighted by molar-refractivity contribution is 7.89. The molecule has 1 heterocycles. The first-order valence-corrected chi connectivity index (χ1v) is 10.1. The fraction of sp³-hybridized carbons (Fsp3) is 0.421. The molecule has 1 amide bonds. The molecule has 1 saturated heterocycles. The predicted molar refractivity (Wildman–Crippen MR) is 96.5 cm³/mol. The molecule has 0 spiro atoms. The third kappa shape index (κ3) is 2.93. The van der Waals surface area contributed by atoms with Gasteiger partial charge in [0, 0.05) is 26.1 Å². The number of piperidine rings is 1. The van der Waals surface area contributed by atoms with Crippen LogP contribution in [0.1, 0.15) is 19.3 Å². The summed E-state index contributed by atoms with van der Waals surface area (Å²) >= 11 is 0. The zero-order chi connectivity index (χ0) is 17.6. The van der Waals surface area contributed by atoms with Gasteiger partial charge in [-0.1, -0.05) is 30.3 Å². The largest absolute Gasteiger partial charge is 0.356 e. The average molecular weight is 358 g/mol. The molecule has 1 aliphatic heterocycles. The fourth-order valence-corrected chi connectivity index (χ4v) is 5.64. The van der Waals surface area contributed by atoms with Crippen molar-refractivity contribution in [1.29, 1.82) is 0 Å². The molecule has 3 atom stereocenters. The van der Waals surface area contributed by atoms with Crippen LogP contribution in [0, 0.1) is 11.8 Å². The second-order valence-electron chi connectivity index (χ2n) is 7.18. The molecule has 1 saturated carbocycles. The number of amides is 1. The summed E-state index contributed by atoms with van der Waals surface area (Å²) in [7, 11) is -1.87. The van der Waals surface area contributed by atoms with Crippen molar-refractivity contribution in [2.75, 3.05) is 13.6 Å². The molecule has 0 aromatic heterocycles. The minimum absolute atomic E-state index is 0.0424. The van der Waals surface area contributed by atoms with Crippen LogP contribution in [0.15, 0.2) is 47.4 Å². The SMILES string of the molecule is CN([C@H]1C[C@H]2CC(=O)NC[C@H]2C1)S(=O)(=O)c1ccc2ccccc2c1. The third-order valence-electron chi connectivity index (χ3n) is 5.74. The highest BCUT2D eigenvalue weighted by Crippen LogP contribution is 2.39. The smallest absolute Gasteiger partial charge is 0.243 e. The molecule has 2 aliphatic rings. The molecule has 6 heteroatoms. The number of fused-ring (bicyclic) bond motifs is 2. The van der Waals surface area contributed by atoms with E-state index in [1.165, 1.54) is 4.31 Å². The third-order valence-corrected chi connectivity index (χ3v) is 7.64. The highest BCUT2D eigenvalue weighted by atomic mass is 32.2. The Hall–Kier alpha value is -1.92. The van der Waals surface area contributed by atoms with Crippen LogP contribution in [-0.4, -0.2) is 38.3 Å². The summed E-state index contributed by atoms with van der Waals surface area (Å²) in [5.41, 5.74) is 0. The number of nitrogens with one attached hydrogen (secondary N) is 1. The monoisotopic (exact) mass is 358 g/mol. The Bertz CT molecular complexity index is 925. The molecule has 132 valence electrons. The number of carbonyl (C=O) groups excluding carboxylic acids is 1. The van der Waals surface area contributed by atoms with E-state index in [0.717, 1.165) is 23.6 Å². The molecule has 25 heavy (non-hydrogen) atoms. The van der Waals surface area contributed by atoms with Gasteiger partial charge in [0.2, 0.25) is 15.9 Å². The average Bonchev–Trinajstić information content (AvgIpc) is 3.03. The van der Waals surface area contributed by atoms with Crippen LogP contribution < -0.4 is 5.32 Å². The van der Waals surface area contributed by atoms with Gasteiger partial charge in [0.1, 0.15) is 0 Å². The van der Waals surface area contributed by atoms with Crippen LogP contribution in [0.3, 0.4) is 0 Å². The highest BCUT2D eigenvalue weighted by Gasteiger charge is 2.42. The maximum atomic E-state index is 13.1. The maximum absolute atomic E-state index is 13.1. The Kier molecular flexibility index (Phi) is 4.04. The van der Waals surface area contributed by atoms with E-state index in [4.69, 9.17) is 0 Å². The number of hydrogen-bond donors (Lipinski definition) is 1. The van der Waals surface area contributed by atoms with Crippen molar-refractivity contribution in [3.8, 4) is 0 Å². The van der Waals surface area contributed by atoms with E-state index >= 15 is 0 Å². The zero-order valence-electron chi connectivity index (χ0n) is 14.2. The minimum atomic E-state index is -3.54.